The van der Waals surface area contributed by atoms with E-state index in [9.17, 15) is 0 Å². The second-order valence-electron chi connectivity index (χ2n) is 4.49. The van der Waals surface area contributed by atoms with Crippen molar-refractivity contribution in [1.82, 2.24) is 4.98 Å². The molecule has 0 aliphatic heterocycles. The Balaban J connectivity index is 2.11. The van der Waals surface area contributed by atoms with Crippen LogP contribution in [-0.2, 0) is 5.54 Å². The van der Waals surface area contributed by atoms with E-state index in [0.717, 1.165) is 28.4 Å². The molecule has 1 aliphatic rings. The van der Waals surface area contributed by atoms with Crippen molar-refractivity contribution in [1.29, 1.82) is 0 Å². The molecule has 0 bridgehead atoms. The second kappa shape index (κ2) is 3.69. The zero-order valence-electron chi connectivity index (χ0n) is 8.87. The highest BCUT2D eigenvalue weighted by atomic mass is 35.5. The quantitative estimate of drug-likeness (QED) is 0.841. The van der Waals surface area contributed by atoms with Crippen LogP contribution in [-0.4, -0.2) is 4.98 Å². The third-order valence-electron chi connectivity index (χ3n) is 3.27. The zero-order chi connectivity index (χ0) is 11.2. The van der Waals surface area contributed by atoms with Crippen molar-refractivity contribution >= 4 is 33.2 Å². The summed E-state index contributed by atoms with van der Waals surface area (Å²) < 4.78 is 1.18. The first-order valence-electron chi connectivity index (χ1n) is 5.53. The fraction of sp³-hybridized carbons (Fsp3) is 0.417. The first kappa shape index (κ1) is 10.5. The van der Waals surface area contributed by atoms with Gasteiger partial charge in [0.25, 0.3) is 0 Å². The normalized spacial score (nSPS) is 19.4. The summed E-state index contributed by atoms with van der Waals surface area (Å²) in [5.74, 6) is 0. The van der Waals surface area contributed by atoms with Crippen LogP contribution in [0.3, 0.4) is 0 Å². The Morgan fingerprint density at radius 3 is 2.81 bits per heavy atom. The Morgan fingerprint density at radius 1 is 1.31 bits per heavy atom. The number of hydrogen-bond donors (Lipinski definition) is 1. The molecule has 0 radical (unpaired) electrons. The van der Waals surface area contributed by atoms with Crippen LogP contribution in [0.2, 0.25) is 5.02 Å². The van der Waals surface area contributed by atoms with Crippen LogP contribution in [0.25, 0.3) is 10.2 Å². The van der Waals surface area contributed by atoms with Gasteiger partial charge in [-0.05, 0) is 31.0 Å². The van der Waals surface area contributed by atoms with Crippen LogP contribution in [0.1, 0.15) is 30.7 Å². The summed E-state index contributed by atoms with van der Waals surface area (Å²) in [5, 5.41) is 1.81. The number of aromatic nitrogens is 1. The third kappa shape index (κ3) is 1.63. The molecule has 84 valence electrons. The molecule has 0 saturated heterocycles. The molecule has 1 aromatic heterocycles. The molecule has 2 aromatic rings. The zero-order valence-corrected chi connectivity index (χ0v) is 10.4. The van der Waals surface area contributed by atoms with Gasteiger partial charge in [0.05, 0.1) is 15.8 Å². The van der Waals surface area contributed by atoms with E-state index >= 15 is 0 Å². The molecule has 1 fully saturated rings. The fourth-order valence-corrected chi connectivity index (χ4v) is 3.60. The van der Waals surface area contributed by atoms with Gasteiger partial charge in [-0.2, -0.15) is 0 Å². The number of thiazole rings is 1. The molecule has 1 aliphatic carbocycles. The molecule has 1 saturated carbocycles. The van der Waals surface area contributed by atoms with Gasteiger partial charge in [-0.25, -0.2) is 4.98 Å². The monoisotopic (exact) mass is 252 g/mol. The Hall–Kier alpha value is -0.640. The molecule has 4 heteroatoms. The van der Waals surface area contributed by atoms with E-state index in [-0.39, 0.29) is 5.54 Å². The van der Waals surface area contributed by atoms with Gasteiger partial charge >= 0.3 is 0 Å². The summed E-state index contributed by atoms with van der Waals surface area (Å²) in [5.41, 5.74) is 7.19. The largest absolute Gasteiger partial charge is 0.319 e. The predicted octanol–water partition coefficient (Wildman–Crippen LogP) is 3.68. The van der Waals surface area contributed by atoms with E-state index in [1.165, 1.54) is 17.5 Å². The molecular weight excluding hydrogens is 240 g/mol. The molecule has 2 N–H and O–H groups in total. The number of halogens is 1. The molecule has 0 amide bonds. The Bertz CT molecular complexity index is 529. The maximum atomic E-state index is 6.40. The summed E-state index contributed by atoms with van der Waals surface area (Å²) in [6.45, 7) is 0. The van der Waals surface area contributed by atoms with Crippen molar-refractivity contribution in [3.63, 3.8) is 0 Å². The Morgan fingerprint density at radius 2 is 2.06 bits per heavy atom. The van der Waals surface area contributed by atoms with Gasteiger partial charge in [-0.15, -0.1) is 11.3 Å². The van der Waals surface area contributed by atoms with E-state index in [4.69, 9.17) is 17.3 Å². The van der Waals surface area contributed by atoms with Crippen molar-refractivity contribution < 1.29 is 0 Å². The minimum absolute atomic E-state index is 0.184. The van der Waals surface area contributed by atoms with Gasteiger partial charge in [-0.3, -0.25) is 0 Å². The van der Waals surface area contributed by atoms with Crippen LogP contribution < -0.4 is 5.73 Å². The molecule has 16 heavy (non-hydrogen) atoms. The van der Waals surface area contributed by atoms with Crippen molar-refractivity contribution in [3.05, 3.63) is 28.2 Å². The lowest BCUT2D eigenvalue weighted by molar-refractivity contribution is 0.460. The predicted molar refractivity (Wildman–Crippen MR) is 69.0 cm³/mol. The molecule has 1 heterocycles. The van der Waals surface area contributed by atoms with E-state index in [2.05, 4.69) is 4.98 Å². The average Bonchev–Trinajstić information content (AvgIpc) is 2.84. The molecule has 0 unspecified atom stereocenters. The highest BCUT2D eigenvalue weighted by molar-refractivity contribution is 7.18. The number of benzene rings is 1. The van der Waals surface area contributed by atoms with Crippen molar-refractivity contribution in [3.8, 4) is 0 Å². The first-order valence-corrected chi connectivity index (χ1v) is 6.72. The minimum atomic E-state index is -0.184. The van der Waals surface area contributed by atoms with Gasteiger partial charge in [0.2, 0.25) is 0 Å². The topological polar surface area (TPSA) is 38.9 Å². The molecule has 0 atom stereocenters. The molecular formula is C12H13ClN2S. The van der Waals surface area contributed by atoms with Gasteiger partial charge in [0, 0.05) is 5.02 Å². The lowest BCUT2D eigenvalue weighted by Gasteiger charge is -2.19. The van der Waals surface area contributed by atoms with Gasteiger partial charge in [-0.1, -0.05) is 24.4 Å². The molecule has 2 nitrogen and oxygen atoms in total. The Labute approximate surface area is 103 Å². The number of rotatable bonds is 1. The van der Waals surface area contributed by atoms with Gasteiger partial charge in [0.15, 0.2) is 0 Å². The summed E-state index contributed by atoms with van der Waals surface area (Å²) in [6, 6.07) is 5.84. The smallest absolute Gasteiger partial charge is 0.114 e. The summed E-state index contributed by atoms with van der Waals surface area (Å²) in [6.07, 6.45) is 4.54. The maximum Gasteiger partial charge on any atom is 0.114 e. The van der Waals surface area contributed by atoms with Crippen LogP contribution in [0.4, 0.5) is 0 Å². The van der Waals surface area contributed by atoms with E-state index in [1.807, 2.05) is 18.2 Å². The molecule has 1 aromatic carbocycles. The number of fused-ring (bicyclic) bond motifs is 1. The van der Waals surface area contributed by atoms with Crippen molar-refractivity contribution in [2.45, 2.75) is 31.2 Å². The highest BCUT2D eigenvalue weighted by Gasteiger charge is 2.34. The standard InChI is InChI=1S/C12H13ClN2S/c13-8-3-4-10-9(7-8)15-11(16-10)12(14)5-1-2-6-12/h3-4,7H,1-2,5-6,14H2. The lowest BCUT2D eigenvalue weighted by Crippen LogP contribution is -2.32. The van der Waals surface area contributed by atoms with Crippen LogP contribution >= 0.6 is 22.9 Å². The summed E-state index contributed by atoms with van der Waals surface area (Å²) >= 11 is 7.66. The average molecular weight is 253 g/mol. The Kier molecular flexibility index (Phi) is 2.42. The lowest BCUT2D eigenvalue weighted by atomic mass is 10.0. The van der Waals surface area contributed by atoms with Crippen molar-refractivity contribution in [2.24, 2.45) is 5.73 Å². The summed E-state index contributed by atoms with van der Waals surface area (Å²) in [4.78, 5) is 4.64. The third-order valence-corrected chi connectivity index (χ3v) is 4.76. The minimum Gasteiger partial charge on any atom is -0.319 e. The molecule has 3 rings (SSSR count). The van der Waals surface area contributed by atoms with E-state index in [0.29, 0.717) is 0 Å². The maximum absolute atomic E-state index is 6.40. The number of hydrogen-bond acceptors (Lipinski definition) is 3. The van der Waals surface area contributed by atoms with Gasteiger partial charge in [0.1, 0.15) is 5.01 Å². The SMILES string of the molecule is NC1(c2nc3cc(Cl)ccc3s2)CCCC1. The molecule has 0 spiro atoms. The van der Waals surface area contributed by atoms with Crippen molar-refractivity contribution in [2.75, 3.05) is 0 Å². The van der Waals surface area contributed by atoms with Crippen LogP contribution in [0, 0.1) is 0 Å². The fourth-order valence-electron chi connectivity index (χ4n) is 2.33. The summed E-state index contributed by atoms with van der Waals surface area (Å²) in [7, 11) is 0. The first-order chi connectivity index (χ1) is 7.67. The van der Waals surface area contributed by atoms with E-state index in [1.54, 1.807) is 11.3 Å². The number of nitrogens with two attached hydrogens (primary N) is 1. The highest BCUT2D eigenvalue weighted by Crippen LogP contribution is 2.40. The van der Waals surface area contributed by atoms with Gasteiger partial charge < -0.3 is 5.73 Å². The van der Waals surface area contributed by atoms with Crippen LogP contribution in [0.15, 0.2) is 18.2 Å². The van der Waals surface area contributed by atoms with E-state index < -0.39 is 0 Å². The second-order valence-corrected chi connectivity index (χ2v) is 5.96. The van der Waals surface area contributed by atoms with Crippen LogP contribution in [0.5, 0.6) is 0 Å². The number of nitrogens with zero attached hydrogens (tertiary/aromatic N) is 1.